The summed E-state index contributed by atoms with van der Waals surface area (Å²) in [5, 5.41) is 3.35. The lowest BCUT2D eigenvalue weighted by atomic mass is 9.83. The molecule has 0 radical (unpaired) electrons. The van der Waals surface area contributed by atoms with Gasteiger partial charge in [0.2, 0.25) is 0 Å². The van der Waals surface area contributed by atoms with E-state index in [-0.39, 0.29) is 5.97 Å². The molecule has 0 unspecified atom stereocenters. The molecule has 2 rings (SSSR count). The summed E-state index contributed by atoms with van der Waals surface area (Å²) in [5.41, 5.74) is 0. The van der Waals surface area contributed by atoms with E-state index in [1.165, 1.54) is 32.1 Å². The molecular weight excluding hydrogens is 214 g/mol. The maximum Gasteiger partial charge on any atom is 0.305 e. The van der Waals surface area contributed by atoms with Gasteiger partial charge in [0.05, 0.1) is 6.61 Å². The fourth-order valence-electron chi connectivity index (χ4n) is 2.69. The van der Waals surface area contributed by atoms with Crippen LogP contribution in [0.25, 0.3) is 0 Å². The van der Waals surface area contributed by atoms with Crippen molar-refractivity contribution in [3.05, 3.63) is 0 Å². The highest BCUT2D eigenvalue weighted by Crippen LogP contribution is 2.29. The normalized spacial score (nSPS) is 22.1. The van der Waals surface area contributed by atoms with Gasteiger partial charge in [0.25, 0.3) is 0 Å². The van der Waals surface area contributed by atoms with Crippen molar-refractivity contribution >= 4 is 5.97 Å². The second kappa shape index (κ2) is 7.00. The van der Waals surface area contributed by atoms with Crippen molar-refractivity contribution in [2.75, 3.05) is 19.7 Å². The van der Waals surface area contributed by atoms with Crippen LogP contribution in [0.4, 0.5) is 0 Å². The van der Waals surface area contributed by atoms with Crippen LogP contribution in [0.1, 0.15) is 51.4 Å². The van der Waals surface area contributed by atoms with Crippen LogP contribution in [0.3, 0.4) is 0 Å². The highest BCUT2D eigenvalue weighted by atomic mass is 16.5. The zero-order valence-electron chi connectivity index (χ0n) is 10.7. The largest absolute Gasteiger partial charge is 0.466 e. The van der Waals surface area contributed by atoms with Crippen LogP contribution in [0.15, 0.2) is 0 Å². The molecule has 2 fully saturated rings. The van der Waals surface area contributed by atoms with Gasteiger partial charge in [-0.1, -0.05) is 19.3 Å². The first kappa shape index (κ1) is 12.9. The average molecular weight is 239 g/mol. The number of nitrogens with one attached hydrogen (secondary N) is 1. The second-order valence-corrected chi connectivity index (χ2v) is 5.54. The molecule has 0 atom stereocenters. The Bertz CT molecular complexity index is 232. The summed E-state index contributed by atoms with van der Waals surface area (Å²) >= 11 is 0. The van der Waals surface area contributed by atoms with Crippen LogP contribution < -0.4 is 5.32 Å². The second-order valence-electron chi connectivity index (χ2n) is 5.54. The quantitative estimate of drug-likeness (QED) is 0.724. The van der Waals surface area contributed by atoms with Crippen LogP contribution in [0.2, 0.25) is 0 Å². The molecular formula is C14H25NO2. The van der Waals surface area contributed by atoms with Crippen molar-refractivity contribution in [3.63, 3.8) is 0 Å². The molecule has 3 nitrogen and oxygen atoms in total. The summed E-state index contributed by atoms with van der Waals surface area (Å²) in [5.74, 6) is 1.59. The van der Waals surface area contributed by atoms with E-state index in [2.05, 4.69) is 5.32 Å². The first-order chi connectivity index (χ1) is 8.34. The zero-order valence-corrected chi connectivity index (χ0v) is 10.7. The van der Waals surface area contributed by atoms with Crippen molar-refractivity contribution in [2.24, 2.45) is 11.8 Å². The number of hydrogen-bond acceptors (Lipinski definition) is 3. The number of piperidine rings is 1. The van der Waals surface area contributed by atoms with Gasteiger partial charge in [-0.05, 0) is 50.6 Å². The highest BCUT2D eigenvalue weighted by molar-refractivity contribution is 5.69. The van der Waals surface area contributed by atoms with Gasteiger partial charge in [0.1, 0.15) is 0 Å². The number of carbonyl (C=O) groups is 1. The SMILES string of the molecule is O=C(CCC1CCNCC1)OCCC1CCC1. The minimum atomic E-state index is 0.0165. The Hall–Kier alpha value is -0.570. The van der Waals surface area contributed by atoms with Gasteiger partial charge >= 0.3 is 5.97 Å². The Morgan fingerprint density at radius 1 is 1.06 bits per heavy atom. The molecule has 1 N–H and O–H groups in total. The number of hydrogen-bond donors (Lipinski definition) is 1. The van der Waals surface area contributed by atoms with Crippen LogP contribution in [0.5, 0.6) is 0 Å². The van der Waals surface area contributed by atoms with Crippen molar-refractivity contribution in [1.82, 2.24) is 5.32 Å². The van der Waals surface area contributed by atoms with Crippen molar-refractivity contribution in [1.29, 1.82) is 0 Å². The summed E-state index contributed by atoms with van der Waals surface area (Å²) in [6, 6.07) is 0. The summed E-state index contributed by atoms with van der Waals surface area (Å²) in [6.07, 6.45) is 9.21. The van der Waals surface area contributed by atoms with E-state index < -0.39 is 0 Å². The smallest absolute Gasteiger partial charge is 0.305 e. The van der Waals surface area contributed by atoms with Gasteiger partial charge in [0.15, 0.2) is 0 Å². The van der Waals surface area contributed by atoms with E-state index in [0.717, 1.165) is 37.8 Å². The molecule has 3 heteroatoms. The van der Waals surface area contributed by atoms with Gasteiger partial charge in [0, 0.05) is 6.42 Å². The Morgan fingerprint density at radius 3 is 2.41 bits per heavy atom. The molecule has 1 saturated heterocycles. The summed E-state index contributed by atoms with van der Waals surface area (Å²) in [6.45, 7) is 2.87. The van der Waals surface area contributed by atoms with Crippen LogP contribution >= 0.6 is 0 Å². The lowest BCUT2D eigenvalue weighted by Gasteiger charge is -2.25. The standard InChI is InChI=1S/C14H25NO2/c16-14(17-11-8-12-2-1-3-12)5-4-13-6-9-15-10-7-13/h12-13,15H,1-11H2. The molecule has 1 heterocycles. The lowest BCUT2D eigenvalue weighted by molar-refractivity contribution is -0.144. The number of carbonyl (C=O) groups excluding carboxylic acids is 1. The molecule has 0 spiro atoms. The molecule has 0 bridgehead atoms. The number of ether oxygens (including phenoxy) is 1. The van der Waals surface area contributed by atoms with Crippen LogP contribution in [0, 0.1) is 11.8 Å². The Morgan fingerprint density at radius 2 is 1.76 bits per heavy atom. The summed E-state index contributed by atoms with van der Waals surface area (Å²) in [7, 11) is 0. The molecule has 0 aromatic heterocycles. The van der Waals surface area contributed by atoms with E-state index in [1.54, 1.807) is 0 Å². The van der Waals surface area contributed by atoms with E-state index >= 15 is 0 Å². The van der Waals surface area contributed by atoms with Crippen LogP contribution in [-0.4, -0.2) is 25.7 Å². The highest BCUT2D eigenvalue weighted by Gasteiger charge is 2.18. The third-order valence-electron chi connectivity index (χ3n) is 4.23. The molecule has 1 saturated carbocycles. The van der Waals surface area contributed by atoms with Gasteiger partial charge < -0.3 is 10.1 Å². The van der Waals surface area contributed by atoms with Gasteiger partial charge in [-0.25, -0.2) is 0 Å². The van der Waals surface area contributed by atoms with Crippen molar-refractivity contribution < 1.29 is 9.53 Å². The van der Waals surface area contributed by atoms with E-state index in [0.29, 0.717) is 13.0 Å². The van der Waals surface area contributed by atoms with Gasteiger partial charge in [-0.15, -0.1) is 0 Å². The first-order valence-corrected chi connectivity index (χ1v) is 7.21. The maximum absolute atomic E-state index is 11.5. The molecule has 0 amide bonds. The Labute approximate surface area is 104 Å². The average Bonchev–Trinajstić information content (AvgIpc) is 2.31. The Kier molecular flexibility index (Phi) is 5.30. The molecule has 0 aromatic carbocycles. The predicted molar refractivity (Wildman–Crippen MR) is 67.7 cm³/mol. The van der Waals surface area contributed by atoms with E-state index in [9.17, 15) is 4.79 Å². The van der Waals surface area contributed by atoms with Gasteiger partial charge in [-0.3, -0.25) is 4.79 Å². The molecule has 0 aromatic rings. The fraction of sp³-hybridized carbons (Fsp3) is 0.929. The topological polar surface area (TPSA) is 38.3 Å². The van der Waals surface area contributed by atoms with Crippen molar-refractivity contribution in [2.45, 2.75) is 51.4 Å². The molecule has 1 aliphatic heterocycles. The summed E-state index contributed by atoms with van der Waals surface area (Å²) < 4.78 is 5.28. The summed E-state index contributed by atoms with van der Waals surface area (Å²) in [4.78, 5) is 11.5. The van der Waals surface area contributed by atoms with E-state index in [4.69, 9.17) is 4.74 Å². The van der Waals surface area contributed by atoms with Gasteiger partial charge in [-0.2, -0.15) is 0 Å². The molecule has 1 aliphatic carbocycles. The Balaban J connectivity index is 1.47. The number of rotatable bonds is 6. The lowest BCUT2D eigenvalue weighted by Crippen LogP contribution is -2.28. The molecule has 98 valence electrons. The monoisotopic (exact) mass is 239 g/mol. The minimum absolute atomic E-state index is 0.0165. The predicted octanol–water partition coefficient (Wildman–Crippen LogP) is 2.50. The zero-order chi connectivity index (χ0) is 11.9. The third kappa shape index (κ3) is 4.66. The van der Waals surface area contributed by atoms with E-state index in [1.807, 2.05) is 0 Å². The van der Waals surface area contributed by atoms with Crippen LogP contribution in [-0.2, 0) is 9.53 Å². The first-order valence-electron chi connectivity index (χ1n) is 7.21. The maximum atomic E-state index is 11.5. The molecule has 17 heavy (non-hydrogen) atoms. The minimum Gasteiger partial charge on any atom is -0.466 e. The molecule has 2 aliphatic rings. The third-order valence-corrected chi connectivity index (χ3v) is 4.23. The van der Waals surface area contributed by atoms with Crippen molar-refractivity contribution in [3.8, 4) is 0 Å². The fourth-order valence-corrected chi connectivity index (χ4v) is 2.69. The number of esters is 1.